The van der Waals surface area contributed by atoms with Crippen LogP contribution in [0.4, 0.5) is 11.4 Å². The highest BCUT2D eigenvalue weighted by Crippen LogP contribution is 2.35. The van der Waals surface area contributed by atoms with E-state index in [0.717, 1.165) is 16.8 Å². The maximum atomic E-state index is 12.2. The Balaban J connectivity index is 1.66. The Labute approximate surface area is 199 Å². The fourth-order valence-electron chi connectivity index (χ4n) is 4.12. The summed E-state index contributed by atoms with van der Waals surface area (Å²) in [7, 11) is 0. The van der Waals surface area contributed by atoms with Crippen molar-refractivity contribution in [2.75, 3.05) is 5.32 Å². The van der Waals surface area contributed by atoms with Crippen LogP contribution in [0.25, 0.3) is 33.4 Å². The summed E-state index contributed by atoms with van der Waals surface area (Å²) < 4.78 is 10.7. The van der Waals surface area contributed by atoms with Gasteiger partial charge in [-0.1, -0.05) is 17.3 Å². The maximum Gasteiger partial charge on any atom is 0.335 e. The lowest BCUT2D eigenvalue weighted by atomic mass is 10.00. The number of amides is 1. The number of nitrogens with one attached hydrogen (secondary N) is 1. The molecule has 0 saturated carbocycles. The molecule has 9 nitrogen and oxygen atoms in total. The van der Waals surface area contributed by atoms with Crippen LogP contribution in [-0.4, -0.2) is 27.1 Å². The summed E-state index contributed by atoms with van der Waals surface area (Å²) in [6.07, 6.45) is 2.91. The van der Waals surface area contributed by atoms with Crippen LogP contribution in [0.2, 0.25) is 0 Å². The number of hydrogen-bond acceptors (Lipinski definition) is 7. The quantitative estimate of drug-likeness (QED) is 0.304. The van der Waals surface area contributed by atoms with Crippen molar-refractivity contribution in [2.45, 2.75) is 13.8 Å². The molecule has 2 aromatic carbocycles. The minimum absolute atomic E-state index is 0.0566. The molecule has 0 atom stereocenters. The number of nitrogens with zero attached hydrogens (tertiary/aromatic N) is 2. The number of carboxylic acids is 1. The van der Waals surface area contributed by atoms with E-state index in [1.54, 1.807) is 18.2 Å². The van der Waals surface area contributed by atoms with Crippen molar-refractivity contribution in [3.8, 4) is 22.5 Å². The molecule has 5 rings (SSSR count). The summed E-state index contributed by atoms with van der Waals surface area (Å²) in [5.74, 6) is -0.572. The molecule has 0 saturated heterocycles. The lowest BCUT2D eigenvalue weighted by molar-refractivity contribution is 0.0696. The van der Waals surface area contributed by atoms with Gasteiger partial charge in [-0.3, -0.25) is 9.78 Å². The molecule has 4 N–H and O–H groups in total. The molecule has 174 valence electrons. The third-order valence-corrected chi connectivity index (χ3v) is 5.71. The summed E-state index contributed by atoms with van der Waals surface area (Å²) in [6.45, 7) is 3.70. The van der Waals surface area contributed by atoms with Crippen molar-refractivity contribution in [1.82, 2.24) is 10.1 Å². The highest BCUT2D eigenvalue weighted by atomic mass is 16.5. The molecule has 3 heterocycles. The van der Waals surface area contributed by atoms with E-state index in [-0.39, 0.29) is 11.1 Å². The number of aromatic nitrogens is 2. The zero-order chi connectivity index (χ0) is 24.7. The van der Waals surface area contributed by atoms with Crippen LogP contribution in [0, 0.1) is 13.8 Å². The molecule has 0 aliphatic rings. The Morgan fingerprint density at radius 3 is 2.54 bits per heavy atom. The van der Waals surface area contributed by atoms with Crippen LogP contribution in [0.1, 0.15) is 32.2 Å². The number of aryl methyl sites for hydroxylation is 2. The van der Waals surface area contributed by atoms with E-state index in [1.165, 1.54) is 24.6 Å². The molecular weight excluding hydrogens is 448 g/mol. The van der Waals surface area contributed by atoms with Gasteiger partial charge in [-0.25, -0.2) is 4.79 Å². The first kappa shape index (κ1) is 21.9. The van der Waals surface area contributed by atoms with Crippen molar-refractivity contribution in [3.63, 3.8) is 0 Å². The van der Waals surface area contributed by atoms with Crippen molar-refractivity contribution in [3.05, 3.63) is 83.6 Å². The van der Waals surface area contributed by atoms with Crippen LogP contribution in [0.15, 0.2) is 69.9 Å². The van der Waals surface area contributed by atoms with Gasteiger partial charge in [0.25, 0.3) is 5.91 Å². The molecule has 0 aliphatic carbocycles. The second-order valence-electron chi connectivity index (χ2n) is 8.05. The number of fused-ring (bicyclic) bond motifs is 1. The monoisotopic (exact) mass is 468 g/mol. The summed E-state index contributed by atoms with van der Waals surface area (Å²) >= 11 is 0. The number of carbonyl (C=O) groups is 2. The predicted octanol–water partition coefficient (Wildman–Crippen LogP) is 5.31. The first-order valence-corrected chi connectivity index (χ1v) is 10.7. The molecule has 0 unspecified atom stereocenters. The van der Waals surface area contributed by atoms with E-state index in [4.69, 9.17) is 14.7 Å². The van der Waals surface area contributed by atoms with Gasteiger partial charge >= 0.3 is 5.97 Å². The molecule has 1 amide bonds. The zero-order valence-electron chi connectivity index (χ0n) is 18.8. The van der Waals surface area contributed by atoms with Gasteiger partial charge < -0.3 is 25.1 Å². The number of pyridine rings is 1. The van der Waals surface area contributed by atoms with Gasteiger partial charge in [0, 0.05) is 28.4 Å². The largest absolute Gasteiger partial charge is 0.478 e. The Hall–Kier alpha value is -4.92. The molecule has 0 radical (unpaired) electrons. The van der Waals surface area contributed by atoms with Crippen LogP contribution in [0.5, 0.6) is 0 Å². The second kappa shape index (κ2) is 8.45. The topological polar surface area (TPSA) is 144 Å². The number of hydrogen-bond donors (Lipinski definition) is 3. The number of carbonyl (C=O) groups excluding carboxylic acids is 1. The molecular formula is C26H20N4O5. The number of rotatable bonds is 6. The summed E-state index contributed by atoms with van der Waals surface area (Å²) in [4.78, 5) is 28.4. The SMILES string of the molecule is Cc1noc(C)c1-c1ccc2c(Nc3cc(C(=O)O)cc(-c4ccco4)c3)c(C(N)=O)cnc2c1. The molecule has 0 bridgehead atoms. The Morgan fingerprint density at radius 2 is 1.89 bits per heavy atom. The van der Waals surface area contributed by atoms with Crippen molar-refractivity contribution in [1.29, 1.82) is 0 Å². The minimum Gasteiger partial charge on any atom is -0.478 e. The van der Waals surface area contributed by atoms with Gasteiger partial charge in [-0.05, 0) is 55.8 Å². The first-order valence-electron chi connectivity index (χ1n) is 10.7. The summed E-state index contributed by atoms with van der Waals surface area (Å²) in [5.41, 5.74) is 10.4. The Morgan fingerprint density at radius 1 is 1.06 bits per heavy atom. The lowest BCUT2D eigenvalue weighted by Gasteiger charge is -2.15. The molecule has 5 aromatic rings. The van der Waals surface area contributed by atoms with E-state index >= 15 is 0 Å². The van der Waals surface area contributed by atoms with Gasteiger partial charge in [0.05, 0.1) is 34.3 Å². The number of aromatic carboxylic acids is 1. The molecule has 35 heavy (non-hydrogen) atoms. The number of carboxylic acid groups (broad SMARTS) is 1. The molecule has 0 spiro atoms. The van der Waals surface area contributed by atoms with Gasteiger partial charge in [0.2, 0.25) is 0 Å². The van der Waals surface area contributed by atoms with Gasteiger partial charge in [0.15, 0.2) is 0 Å². The number of benzene rings is 2. The maximum absolute atomic E-state index is 12.2. The van der Waals surface area contributed by atoms with E-state index < -0.39 is 11.9 Å². The second-order valence-corrected chi connectivity index (χ2v) is 8.05. The Bertz CT molecular complexity index is 1580. The first-order chi connectivity index (χ1) is 16.8. The highest BCUT2D eigenvalue weighted by Gasteiger charge is 2.18. The van der Waals surface area contributed by atoms with Crippen LogP contribution >= 0.6 is 0 Å². The molecule has 9 heteroatoms. The number of nitrogens with two attached hydrogens (primary N) is 1. The normalized spacial score (nSPS) is 11.0. The van der Waals surface area contributed by atoms with Gasteiger partial charge in [-0.2, -0.15) is 0 Å². The van der Waals surface area contributed by atoms with Crippen LogP contribution in [-0.2, 0) is 0 Å². The standard InChI is InChI=1S/C26H20N4O5/c1-13-23(14(2)35-30-13)15-5-6-19-21(11-15)28-12-20(25(27)31)24(19)29-18-9-16(22-4-3-7-34-22)8-17(10-18)26(32)33/h3-12H,1-2H3,(H2,27,31)(H,28,29)(H,32,33). The predicted molar refractivity (Wildman–Crippen MR) is 130 cm³/mol. The van der Waals surface area contributed by atoms with E-state index in [0.29, 0.717) is 39.4 Å². The zero-order valence-corrected chi connectivity index (χ0v) is 18.8. The van der Waals surface area contributed by atoms with Crippen molar-refractivity contribution < 1.29 is 23.6 Å². The highest BCUT2D eigenvalue weighted by molar-refractivity contribution is 6.08. The lowest BCUT2D eigenvalue weighted by Crippen LogP contribution is -2.14. The summed E-state index contributed by atoms with van der Waals surface area (Å²) in [5, 5.41) is 17.5. The smallest absolute Gasteiger partial charge is 0.335 e. The number of primary amides is 1. The average molecular weight is 468 g/mol. The number of furan rings is 1. The fraction of sp³-hybridized carbons (Fsp3) is 0.0769. The summed E-state index contributed by atoms with van der Waals surface area (Å²) in [6, 6.07) is 13.8. The molecule has 3 aromatic heterocycles. The van der Waals surface area contributed by atoms with E-state index in [1.807, 2.05) is 32.0 Å². The Kier molecular flexibility index (Phi) is 5.29. The third kappa shape index (κ3) is 3.99. The fourth-order valence-corrected chi connectivity index (χ4v) is 4.12. The number of anilines is 2. The van der Waals surface area contributed by atoms with E-state index in [9.17, 15) is 14.7 Å². The average Bonchev–Trinajstić information content (AvgIpc) is 3.48. The van der Waals surface area contributed by atoms with Gasteiger partial charge in [0.1, 0.15) is 11.5 Å². The van der Waals surface area contributed by atoms with Crippen LogP contribution in [0.3, 0.4) is 0 Å². The molecule has 0 aliphatic heterocycles. The van der Waals surface area contributed by atoms with Crippen molar-refractivity contribution >= 4 is 34.2 Å². The molecule has 0 fully saturated rings. The van der Waals surface area contributed by atoms with Crippen LogP contribution < -0.4 is 11.1 Å². The third-order valence-electron chi connectivity index (χ3n) is 5.71. The van der Waals surface area contributed by atoms with E-state index in [2.05, 4.69) is 15.5 Å². The minimum atomic E-state index is -1.10. The van der Waals surface area contributed by atoms with Crippen molar-refractivity contribution in [2.24, 2.45) is 5.73 Å². The van der Waals surface area contributed by atoms with Gasteiger partial charge in [-0.15, -0.1) is 0 Å².